The van der Waals surface area contributed by atoms with Gasteiger partial charge in [0.2, 0.25) is 0 Å². The summed E-state index contributed by atoms with van der Waals surface area (Å²) in [6, 6.07) is 5.54. The van der Waals surface area contributed by atoms with E-state index in [1.165, 1.54) is 18.2 Å². The molecule has 1 aromatic heterocycles. The first-order chi connectivity index (χ1) is 8.79. The predicted octanol–water partition coefficient (Wildman–Crippen LogP) is 4.41. The number of anilines is 1. The summed E-state index contributed by atoms with van der Waals surface area (Å²) >= 11 is 9.69. The molecule has 8 heteroatoms. The van der Waals surface area contributed by atoms with Crippen molar-refractivity contribution in [2.75, 3.05) is 4.72 Å². The molecule has 0 atom stereocenters. The van der Waals surface area contributed by atoms with Crippen molar-refractivity contribution in [1.82, 2.24) is 0 Å². The predicted molar refractivity (Wildman–Crippen MR) is 79.0 cm³/mol. The summed E-state index contributed by atoms with van der Waals surface area (Å²) in [7, 11) is -3.74. The highest BCUT2D eigenvalue weighted by molar-refractivity contribution is 9.10. The monoisotopic (exact) mass is 383 g/mol. The number of thiophene rings is 1. The van der Waals surface area contributed by atoms with Gasteiger partial charge >= 0.3 is 0 Å². The Morgan fingerprint density at radius 1 is 1.37 bits per heavy atom. The minimum Gasteiger partial charge on any atom is -0.279 e. The van der Waals surface area contributed by atoms with Gasteiger partial charge in [-0.1, -0.05) is 11.6 Å². The van der Waals surface area contributed by atoms with E-state index in [1.807, 2.05) is 0 Å². The molecule has 0 aliphatic carbocycles. The maximum Gasteiger partial charge on any atom is 0.271 e. The molecule has 3 nitrogen and oxygen atoms in total. The Labute approximate surface area is 127 Å². The van der Waals surface area contributed by atoms with Crippen molar-refractivity contribution < 1.29 is 12.8 Å². The molecule has 0 radical (unpaired) electrons. The summed E-state index contributed by atoms with van der Waals surface area (Å²) in [5.41, 5.74) is 0.810. The van der Waals surface area contributed by atoms with Gasteiger partial charge in [-0.2, -0.15) is 0 Å². The minimum absolute atomic E-state index is 0.0835. The average Bonchev–Trinajstić information content (AvgIpc) is 2.73. The van der Waals surface area contributed by atoms with Gasteiger partial charge in [0.15, 0.2) is 0 Å². The molecule has 0 aliphatic rings. The molecule has 0 amide bonds. The fraction of sp³-hybridized carbons (Fsp3) is 0.0909. The molecule has 0 aliphatic heterocycles. The third kappa shape index (κ3) is 3.28. The lowest BCUT2D eigenvalue weighted by molar-refractivity contribution is 0.603. The van der Waals surface area contributed by atoms with Gasteiger partial charge in [-0.3, -0.25) is 4.72 Å². The first kappa shape index (κ1) is 14.8. The standard InChI is InChI=1S/C11H8BrClFNO2S2/c1-6-4-7(12)8(14)5-9(6)15-19(16,17)11-3-2-10(13)18-11/h2-5,15H,1H3. The Hall–Kier alpha value is -0.630. The summed E-state index contributed by atoms with van der Waals surface area (Å²) < 4.78 is 40.7. The summed E-state index contributed by atoms with van der Waals surface area (Å²) in [5, 5.41) is 0. The SMILES string of the molecule is Cc1cc(Br)c(F)cc1NS(=O)(=O)c1ccc(Cl)s1. The van der Waals surface area contributed by atoms with Gasteiger partial charge in [-0.05, 0) is 52.7 Å². The minimum atomic E-state index is -3.74. The highest BCUT2D eigenvalue weighted by Crippen LogP contribution is 2.29. The Balaban J connectivity index is 2.38. The molecule has 0 bridgehead atoms. The Bertz CT molecular complexity index is 730. The molecule has 1 heterocycles. The maximum atomic E-state index is 13.4. The molecule has 0 saturated heterocycles. The number of aryl methyl sites for hydroxylation is 1. The zero-order valence-electron chi connectivity index (χ0n) is 9.58. The van der Waals surface area contributed by atoms with Crippen molar-refractivity contribution in [2.24, 2.45) is 0 Å². The van der Waals surface area contributed by atoms with Crippen LogP contribution in [-0.2, 0) is 10.0 Å². The van der Waals surface area contributed by atoms with Crippen molar-refractivity contribution in [2.45, 2.75) is 11.1 Å². The first-order valence-corrected chi connectivity index (χ1v) is 8.50. The second-order valence-corrected chi connectivity index (χ2v) is 8.22. The van der Waals surface area contributed by atoms with Gasteiger partial charge < -0.3 is 0 Å². The maximum absolute atomic E-state index is 13.4. The lowest BCUT2D eigenvalue weighted by Crippen LogP contribution is -2.12. The number of sulfonamides is 1. The number of halogens is 3. The molecule has 0 fully saturated rings. The molecule has 2 aromatic rings. The van der Waals surface area contributed by atoms with E-state index in [0.717, 1.165) is 17.4 Å². The molecule has 19 heavy (non-hydrogen) atoms. The van der Waals surface area contributed by atoms with E-state index in [4.69, 9.17) is 11.6 Å². The van der Waals surface area contributed by atoms with Gasteiger partial charge in [0.25, 0.3) is 10.0 Å². The van der Waals surface area contributed by atoms with Crippen LogP contribution in [0.25, 0.3) is 0 Å². The highest BCUT2D eigenvalue weighted by Gasteiger charge is 2.18. The van der Waals surface area contributed by atoms with Gasteiger partial charge in [-0.25, -0.2) is 12.8 Å². The molecular weight excluding hydrogens is 377 g/mol. The number of hydrogen-bond acceptors (Lipinski definition) is 3. The van der Waals surface area contributed by atoms with Gasteiger partial charge in [0, 0.05) is 0 Å². The van der Waals surface area contributed by atoms with Gasteiger partial charge in [0.1, 0.15) is 10.0 Å². The van der Waals surface area contributed by atoms with Crippen LogP contribution in [0.2, 0.25) is 4.34 Å². The van der Waals surface area contributed by atoms with Crippen LogP contribution in [0.4, 0.5) is 10.1 Å². The Morgan fingerprint density at radius 3 is 2.63 bits per heavy atom. The lowest BCUT2D eigenvalue weighted by Gasteiger charge is -2.10. The van der Waals surface area contributed by atoms with E-state index in [9.17, 15) is 12.8 Å². The third-order valence-electron chi connectivity index (χ3n) is 2.33. The molecule has 0 spiro atoms. The van der Waals surface area contributed by atoms with Crippen molar-refractivity contribution in [3.05, 3.63) is 44.5 Å². The zero-order chi connectivity index (χ0) is 14.2. The molecule has 0 saturated carbocycles. The fourth-order valence-electron chi connectivity index (χ4n) is 1.39. The number of hydrogen-bond donors (Lipinski definition) is 1. The second-order valence-electron chi connectivity index (χ2n) is 3.75. The van der Waals surface area contributed by atoms with E-state index in [-0.39, 0.29) is 14.4 Å². The Kier molecular flexibility index (Phi) is 4.20. The lowest BCUT2D eigenvalue weighted by atomic mass is 10.2. The van der Waals surface area contributed by atoms with E-state index in [2.05, 4.69) is 20.7 Å². The Morgan fingerprint density at radius 2 is 2.05 bits per heavy atom. The third-order valence-corrected chi connectivity index (χ3v) is 6.02. The number of rotatable bonds is 3. The summed E-state index contributed by atoms with van der Waals surface area (Å²) in [6.45, 7) is 1.68. The van der Waals surface area contributed by atoms with E-state index < -0.39 is 15.8 Å². The molecule has 1 N–H and O–H groups in total. The highest BCUT2D eigenvalue weighted by atomic mass is 79.9. The van der Waals surface area contributed by atoms with Crippen LogP contribution in [0.5, 0.6) is 0 Å². The molecule has 2 rings (SSSR count). The number of nitrogens with one attached hydrogen (secondary N) is 1. The van der Waals surface area contributed by atoms with Crippen molar-refractivity contribution in [3.8, 4) is 0 Å². The van der Waals surface area contributed by atoms with Gasteiger partial charge in [0.05, 0.1) is 14.5 Å². The van der Waals surface area contributed by atoms with E-state index in [0.29, 0.717) is 9.90 Å². The van der Waals surface area contributed by atoms with Crippen LogP contribution < -0.4 is 4.72 Å². The van der Waals surface area contributed by atoms with Crippen LogP contribution in [0.3, 0.4) is 0 Å². The first-order valence-electron chi connectivity index (χ1n) is 5.03. The topological polar surface area (TPSA) is 46.2 Å². The normalized spacial score (nSPS) is 11.6. The molecule has 0 unspecified atom stereocenters. The molecule has 1 aromatic carbocycles. The van der Waals surface area contributed by atoms with Gasteiger partial charge in [-0.15, -0.1) is 11.3 Å². The summed E-state index contributed by atoms with van der Waals surface area (Å²) in [4.78, 5) is 0. The van der Waals surface area contributed by atoms with Crippen LogP contribution in [0.1, 0.15) is 5.56 Å². The van der Waals surface area contributed by atoms with E-state index in [1.54, 1.807) is 6.92 Å². The zero-order valence-corrected chi connectivity index (χ0v) is 13.6. The largest absolute Gasteiger partial charge is 0.279 e. The smallest absolute Gasteiger partial charge is 0.271 e. The fourth-order valence-corrected chi connectivity index (χ4v) is 4.46. The van der Waals surface area contributed by atoms with Crippen LogP contribution in [-0.4, -0.2) is 8.42 Å². The van der Waals surface area contributed by atoms with Crippen LogP contribution in [0, 0.1) is 12.7 Å². The quantitative estimate of drug-likeness (QED) is 0.852. The number of benzene rings is 1. The van der Waals surface area contributed by atoms with E-state index >= 15 is 0 Å². The van der Waals surface area contributed by atoms with Crippen molar-refractivity contribution >= 4 is 54.6 Å². The molecular formula is C11H8BrClFNO2S2. The van der Waals surface area contributed by atoms with Crippen LogP contribution >= 0.6 is 38.9 Å². The van der Waals surface area contributed by atoms with Crippen molar-refractivity contribution in [3.63, 3.8) is 0 Å². The second kappa shape index (κ2) is 5.40. The summed E-state index contributed by atoms with van der Waals surface area (Å²) in [6.07, 6.45) is 0. The van der Waals surface area contributed by atoms with Crippen LogP contribution in [0.15, 0.2) is 32.9 Å². The summed E-state index contributed by atoms with van der Waals surface area (Å²) in [5.74, 6) is -0.535. The average molecular weight is 385 g/mol. The van der Waals surface area contributed by atoms with Crippen molar-refractivity contribution in [1.29, 1.82) is 0 Å². The molecule has 102 valence electrons.